The Morgan fingerprint density at radius 3 is 2.04 bits per heavy atom. The van der Waals surface area contributed by atoms with Gasteiger partial charge in [0.05, 0.1) is 12.6 Å². The van der Waals surface area contributed by atoms with Crippen LogP contribution in [0, 0.1) is 0 Å². The normalized spacial score (nSPS) is 13.1. The van der Waals surface area contributed by atoms with E-state index in [1.807, 2.05) is 30.3 Å². The summed E-state index contributed by atoms with van der Waals surface area (Å²) in [7, 11) is 0. The van der Waals surface area contributed by atoms with E-state index in [0.29, 0.717) is 5.11 Å². The minimum atomic E-state index is -0.798. The van der Waals surface area contributed by atoms with Gasteiger partial charge in [-0.15, -0.1) is 0 Å². The molecule has 0 saturated carbocycles. The molecule has 1 aromatic carbocycles. The molecule has 1 rings (SSSR count). The minimum absolute atomic E-state index is 0.184. The van der Waals surface area contributed by atoms with Crippen molar-refractivity contribution in [3.05, 3.63) is 35.9 Å². The van der Waals surface area contributed by atoms with Crippen LogP contribution in [0.15, 0.2) is 30.3 Å². The van der Waals surface area contributed by atoms with Crippen LogP contribution in [0.25, 0.3) is 0 Å². The van der Waals surface area contributed by atoms with Crippen molar-refractivity contribution in [3.8, 4) is 0 Å². The Morgan fingerprint density at radius 2 is 1.48 bits per heavy atom. The number of rotatable bonds is 15. The summed E-state index contributed by atoms with van der Waals surface area (Å²) in [5, 5.41) is 26.6. The van der Waals surface area contributed by atoms with Gasteiger partial charge >= 0.3 is 0 Å². The number of hydrogen-bond donors (Lipinski definition) is 4. The van der Waals surface area contributed by atoms with Crippen LogP contribution in [0.2, 0.25) is 0 Å². The third-order valence-corrected chi connectivity index (χ3v) is 5.11. The molecular formula is C22H38N2O2S. The summed E-state index contributed by atoms with van der Waals surface area (Å²) in [6.07, 6.45) is 12.3. The van der Waals surface area contributed by atoms with Gasteiger partial charge in [-0.2, -0.15) is 0 Å². The first-order chi connectivity index (χ1) is 13.2. The molecule has 0 aliphatic rings. The van der Waals surface area contributed by atoms with Crippen molar-refractivity contribution in [2.45, 2.75) is 83.3 Å². The third kappa shape index (κ3) is 11.3. The molecule has 0 aromatic heterocycles. The molecule has 0 saturated heterocycles. The second-order valence-electron chi connectivity index (χ2n) is 7.23. The summed E-state index contributed by atoms with van der Waals surface area (Å²) >= 11 is 5.29. The maximum Gasteiger partial charge on any atom is 0.166 e. The SMILES string of the molecule is CCCCCCCCCCCCNC(=S)NC(CO)C(O)c1ccccc1. The van der Waals surface area contributed by atoms with Crippen molar-refractivity contribution in [3.63, 3.8) is 0 Å². The zero-order valence-electron chi connectivity index (χ0n) is 16.8. The van der Waals surface area contributed by atoms with Crippen LogP contribution in [0.1, 0.15) is 82.8 Å². The number of hydrogen-bond acceptors (Lipinski definition) is 3. The summed E-state index contributed by atoms with van der Waals surface area (Å²) in [5.74, 6) is 0. The molecule has 2 unspecified atom stereocenters. The Hall–Kier alpha value is -1.17. The van der Waals surface area contributed by atoms with Crippen LogP contribution in [0.5, 0.6) is 0 Å². The zero-order chi connectivity index (χ0) is 19.7. The molecule has 27 heavy (non-hydrogen) atoms. The molecule has 0 fully saturated rings. The Bertz CT molecular complexity index is 484. The molecule has 1 aromatic rings. The van der Waals surface area contributed by atoms with Gasteiger partial charge in [0.1, 0.15) is 6.10 Å². The molecule has 0 spiro atoms. The van der Waals surface area contributed by atoms with E-state index in [0.717, 1.165) is 18.5 Å². The predicted octanol–water partition coefficient (Wildman–Crippen LogP) is 4.47. The Labute approximate surface area is 170 Å². The molecular weight excluding hydrogens is 356 g/mol. The molecule has 4 nitrogen and oxygen atoms in total. The quantitative estimate of drug-likeness (QED) is 0.261. The van der Waals surface area contributed by atoms with E-state index in [9.17, 15) is 10.2 Å². The van der Waals surface area contributed by atoms with Crippen LogP contribution in [-0.4, -0.2) is 34.5 Å². The lowest BCUT2D eigenvalue weighted by atomic mass is 10.0. The fourth-order valence-electron chi connectivity index (χ4n) is 3.14. The zero-order valence-corrected chi connectivity index (χ0v) is 17.6. The molecule has 0 amide bonds. The van der Waals surface area contributed by atoms with Gasteiger partial charge < -0.3 is 20.8 Å². The van der Waals surface area contributed by atoms with Gasteiger partial charge in [0.2, 0.25) is 0 Å². The molecule has 0 aliphatic carbocycles. The Kier molecular flexibility index (Phi) is 14.0. The summed E-state index contributed by atoms with van der Waals surface area (Å²) in [5.41, 5.74) is 0.765. The topological polar surface area (TPSA) is 64.5 Å². The molecule has 2 atom stereocenters. The second-order valence-corrected chi connectivity index (χ2v) is 7.64. The maximum atomic E-state index is 10.4. The van der Waals surface area contributed by atoms with Gasteiger partial charge in [-0.05, 0) is 24.2 Å². The molecule has 5 heteroatoms. The smallest absolute Gasteiger partial charge is 0.166 e. The summed E-state index contributed by atoms with van der Waals surface area (Å²) < 4.78 is 0. The lowest BCUT2D eigenvalue weighted by Gasteiger charge is -2.24. The van der Waals surface area contributed by atoms with Gasteiger partial charge in [0.15, 0.2) is 5.11 Å². The monoisotopic (exact) mass is 394 g/mol. The average Bonchev–Trinajstić information content (AvgIpc) is 2.70. The van der Waals surface area contributed by atoms with E-state index in [1.165, 1.54) is 57.8 Å². The average molecular weight is 395 g/mol. The van der Waals surface area contributed by atoms with Gasteiger partial charge in [0.25, 0.3) is 0 Å². The Morgan fingerprint density at radius 1 is 0.926 bits per heavy atom. The van der Waals surface area contributed by atoms with Gasteiger partial charge in [-0.1, -0.05) is 95.0 Å². The predicted molar refractivity (Wildman–Crippen MR) is 118 cm³/mol. The van der Waals surface area contributed by atoms with Crippen molar-refractivity contribution < 1.29 is 10.2 Å². The van der Waals surface area contributed by atoms with Crippen molar-refractivity contribution in [2.75, 3.05) is 13.2 Å². The van der Waals surface area contributed by atoms with Crippen LogP contribution in [0.4, 0.5) is 0 Å². The number of unbranched alkanes of at least 4 members (excludes halogenated alkanes) is 9. The number of nitrogens with one attached hydrogen (secondary N) is 2. The third-order valence-electron chi connectivity index (χ3n) is 4.85. The lowest BCUT2D eigenvalue weighted by Crippen LogP contribution is -2.46. The van der Waals surface area contributed by atoms with Crippen molar-refractivity contribution in [1.29, 1.82) is 0 Å². The fourth-order valence-corrected chi connectivity index (χ4v) is 3.39. The Balaban J connectivity index is 2.07. The molecule has 4 N–H and O–H groups in total. The summed E-state index contributed by atoms with van der Waals surface area (Å²) in [4.78, 5) is 0. The van der Waals surface area contributed by atoms with Crippen LogP contribution in [-0.2, 0) is 0 Å². The highest BCUT2D eigenvalue weighted by molar-refractivity contribution is 7.80. The lowest BCUT2D eigenvalue weighted by molar-refractivity contribution is 0.0997. The van der Waals surface area contributed by atoms with E-state index in [2.05, 4.69) is 17.6 Å². The van der Waals surface area contributed by atoms with Crippen molar-refractivity contribution >= 4 is 17.3 Å². The first-order valence-corrected chi connectivity index (χ1v) is 11.0. The van der Waals surface area contributed by atoms with Crippen LogP contribution < -0.4 is 10.6 Å². The maximum absolute atomic E-state index is 10.4. The van der Waals surface area contributed by atoms with E-state index in [-0.39, 0.29) is 6.61 Å². The highest BCUT2D eigenvalue weighted by atomic mass is 32.1. The van der Waals surface area contributed by atoms with Crippen LogP contribution in [0.3, 0.4) is 0 Å². The first-order valence-electron chi connectivity index (χ1n) is 10.6. The van der Waals surface area contributed by atoms with E-state index < -0.39 is 12.1 Å². The molecule has 0 bridgehead atoms. The second kappa shape index (κ2) is 15.8. The van der Waals surface area contributed by atoms with Gasteiger partial charge in [-0.25, -0.2) is 0 Å². The van der Waals surface area contributed by atoms with Crippen molar-refractivity contribution in [2.24, 2.45) is 0 Å². The number of aliphatic hydroxyl groups is 2. The van der Waals surface area contributed by atoms with Crippen LogP contribution >= 0.6 is 12.2 Å². The minimum Gasteiger partial charge on any atom is -0.394 e. The molecule has 0 radical (unpaired) electrons. The molecule has 0 heterocycles. The largest absolute Gasteiger partial charge is 0.394 e. The number of benzene rings is 1. The first kappa shape index (κ1) is 23.9. The van der Waals surface area contributed by atoms with E-state index in [4.69, 9.17) is 12.2 Å². The standard InChI is InChI=1S/C22H38N2O2S/c1-2-3-4-5-6-7-8-9-10-14-17-23-22(27)24-20(18-25)21(26)19-15-12-11-13-16-19/h11-13,15-16,20-21,25-26H,2-10,14,17-18H2,1H3,(H2,23,24,27). The highest BCUT2D eigenvalue weighted by Crippen LogP contribution is 2.16. The molecule has 0 aliphatic heterocycles. The van der Waals surface area contributed by atoms with E-state index in [1.54, 1.807) is 0 Å². The van der Waals surface area contributed by atoms with Gasteiger partial charge in [0, 0.05) is 6.54 Å². The number of thiocarbonyl (C=S) groups is 1. The number of aliphatic hydroxyl groups excluding tert-OH is 2. The van der Waals surface area contributed by atoms with Gasteiger partial charge in [-0.3, -0.25) is 0 Å². The molecule has 154 valence electrons. The fraction of sp³-hybridized carbons (Fsp3) is 0.682. The summed E-state index contributed by atoms with van der Waals surface area (Å²) in [6, 6.07) is 8.81. The van der Waals surface area contributed by atoms with Crippen molar-refractivity contribution in [1.82, 2.24) is 10.6 Å². The van der Waals surface area contributed by atoms with E-state index >= 15 is 0 Å². The summed E-state index contributed by atoms with van der Waals surface area (Å²) in [6.45, 7) is 2.89. The highest BCUT2D eigenvalue weighted by Gasteiger charge is 2.20.